The second-order valence-corrected chi connectivity index (χ2v) is 7.39. The first-order chi connectivity index (χ1) is 13.6. The summed E-state index contributed by atoms with van der Waals surface area (Å²) in [4.78, 5) is 28.5. The molecule has 1 aliphatic rings. The number of benzene rings is 2. The van der Waals surface area contributed by atoms with Crippen LogP contribution in [0.2, 0.25) is 0 Å². The molecule has 0 saturated heterocycles. The maximum absolute atomic E-state index is 12.2. The molecular weight excluding hydrogens is 374 g/mol. The molecule has 1 aromatic heterocycles. The number of hydrogen-bond acceptors (Lipinski definition) is 5. The van der Waals surface area contributed by atoms with E-state index in [-0.39, 0.29) is 11.8 Å². The second kappa shape index (κ2) is 7.82. The summed E-state index contributed by atoms with van der Waals surface area (Å²) in [6.45, 7) is 1.71. The molecule has 2 heterocycles. The Balaban J connectivity index is 1.41. The first kappa shape index (κ1) is 18.2. The number of amides is 2. The Morgan fingerprint density at radius 1 is 1.25 bits per heavy atom. The summed E-state index contributed by atoms with van der Waals surface area (Å²) in [5, 5.41) is 8.12. The van der Waals surface area contributed by atoms with Crippen LogP contribution in [-0.4, -0.2) is 22.9 Å². The molecule has 0 radical (unpaired) electrons. The van der Waals surface area contributed by atoms with Crippen LogP contribution in [0.5, 0.6) is 5.75 Å². The number of aryl methyl sites for hydroxylation is 1. The van der Waals surface area contributed by atoms with Crippen LogP contribution in [0.25, 0.3) is 11.3 Å². The predicted molar refractivity (Wildman–Crippen MR) is 110 cm³/mol. The van der Waals surface area contributed by atoms with Crippen molar-refractivity contribution >= 4 is 34.0 Å². The number of fused-ring (bicyclic) bond motifs is 1. The van der Waals surface area contributed by atoms with Gasteiger partial charge in [0.25, 0.3) is 5.91 Å². The van der Waals surface area contributed by atoms with E-state index in [1.54, 1.807) is 6.92 Å². The fourth-order valence-corrected chi connectivity index (χ4v) is 3.65. The summed E-state index contributed by atoms with van der Waals surface area (Å²) in [7, 11) is 0. The van der Waals surface area contributed by atoms with Gasteiger partial charge in [-0.05, 0) is 37.1 Å². The number of ether oxygens (including phenoxy) is 1. The van der Waals surface area contributed by atoms with E-state index in [9.17, 15) is 9.59 Å². The molecule has 0 aliphatic carbocycles. The van der Waals surface area contributed by atoms with E-state index in [1.807, 2.05) is 53.9 Å². The lowest BCUT2D eigenvalue weighted by Crippen LogP contribution is -2.34. The largest absolute Gasteiger partial charge is 0.479 e. The van der Waals surface area contributed by atoms with Gasteiger partial charge in [0, 0.05) is 17.4 Å². The van der Waals surface area contributed by atoms with Crippen LogP contribution in [0, 0.1) is 0 Å². The van der Waals surface area contributed by atoms with Gasteiger partial charge in [-0.15, -0.1) is 11.3 Å². The Morgan fingerprint density at radius 3 is 2.89 bits per heavy atom. The lowest BCUT2D eigenvalue weighted by Gasteiger charge is -2.23. The Bertz CT molecular complexity index is 1020. The highest BCUT2D eigenvalue weighted by Crippen LogP contribution is 2.34. The summed E-state index contributed by atoms with van der Waals surface area (Å²) >= 11 is 1.37. The fourth-order valence-electron chi connectivity index (χ4n) is 2.92. The number of aromatic nitrogens is 1. The van der Waals surface area contributed by atoms with Gasteiger partial charge in [-0.2, -0.15) is 0 Å². The number of carbonyl (C=O) groups is 2. The minimum absolute atomic E-state index is 0.0650. The molecule has 2 N–H and O–H groups in total. The number of anilines is 2. The van der Waals surface area contributed by atoms with E-state index in [4.69, 9.17) is 4.74 Å². The molecule has 2 amide bonds. The van der Waals surface area contributed by atoms with Crippen molar-refractivity contribution < 1.29 is 14.3 Å². The summed E-state index contributed by atoms with van der Waals surface area (Å²) in [6.07, 6.45) is 0.586. The van der Waals surface area contributed by atoms with Gasteiger partial charge in [0.1, 0.15) is 5.75 Å². The smallest absolute Gasteiger partial charge is 0.265 e. The van der Waals surface area contributed by atoms with E-state index < -0.39 is 6.10 Å². The highest BCUT2D eigenvalue weighted by atomic mass is 32.1. The van der Waals surface area contributed by atoms with Gasteiger partial charge >= 0.3 is 0 Å². The molecule has 0 fully saturated rings. The predicted octanol–water partition coefficient (Wildman–Crippen LogP) is 4.10. The molecule has 1 aliphatic heterocycles. The van der Waals surface area contributed by atoms with Crippen molar-refractivity contribution in [3.05, 3.63) is 59.5 Å². The quantitative estimate of drug-likeness (QED) is 0.684. The van der Waals surface area contributed by atoms with Crippen molar-refractivity contribution in [2.75, 3.05) is 10.6 Å². The van der Waals surface area contributed by atoms with E-state index in [0.29, 0.717) is 29.4 Å². The Labute approximate surface area is 166 Å². The highest BCUT2D eigenvalue weighted by Gasteiger charge is 2.23. The molecular formula is C21H19N3O3S. The van der Waals surface area contributed by atoms with E-state index in [2.05, 4.69) is 15.6 Å². The van der Waals surface area contributed by atoms with Crippen molar-refractivity contribution in [1.82, 2.24) is 4.98 Å². The average molecular weight is 393 g/mol. The molecule has 3 aromatic rings. The number of nitrogens with zero attached hydrogens (tertiary/aromatic N) is 1. The summed E-state index contributed by atoms with van der Waals surface area (Å²) in [5.74, 6) is 0.402. The van der Waals surface area contributed by atoms with Gasteiger partial charge in [-0.25, -0.2) is 4.98 Å². The molecule has 0 bridgehead atoms. The van der Waals surface area contributed by atoms with Crippen molar-refractivity contribution in [1.29, 1.82) is 0 Å². The average Bonchev–Trinajstić information content (AvgIpc) is 3.16. The van der Waals surface area contributed by atoms with Crippen LogP contribution in [0.4, 0.5) is 10.8 Å². The molecule has 6 nitrogen and oxygen atoms in total. The molecule has 4 rings (SSSR count). The second-order valence-electron chi connectivity index (χ2n) is 6.53. The van der Waals surface area contributed by atoms with E-state index in [1.165, 1.54) is 11.3 Å². The molecule has 0 spiro atoms. The number of nitrogens with one attached hydrogen (secondary N) is 2. The topological polar surface area (TPSA) is 80.3 Å². The van der Waals surface area contributed by atoms with Crippen LogP contribution < -0.4 is 15.4 Å². The molecule has 0 saturated carbocycles. The number of carbonyl (C=O) groups excluding carboxylic acids is 2. The van der Waals surface area contributed by atoms with Crippen LogP contribution in [0.15, 0.2) is 53.9 Å². The van der Waals surface area contributed by atoms with Gasteiger partial charge in [0.05, 0.1) is 11.4 Å². The fraction of sp³-hybridized carbons (Fsp3) is 0.190. The van der Waals surface area contributed by atoms with Crippen molar-refractivity contribution in [2.24, 2.45) is 0 Å². The summed E-state index contributed by atoms with van der Waals surface area (Å²) < 4.78 is 5.57. The summed E-state index contributed by atoms with van der Waals surface area (Å²) in [5.41, 5.74) is 3.34. The maximum atomic E-state index is 12.2. The van der Waals surface area contributed by atoms with E-state index in [0.717, 1.165) is 16.8 Å². The van der Waals surface area contributed by atoms with Crippen molar-refractivity contribution in [3.8, 4) is 17.0 Å². The third-order valence-corrected chi connectivity index (χ3v) is 5.20. The standard InChI is InChI=1S/C21H19N3O3S/c1-13-20(26)22-16-11-15(8-9-18(16)27-13)17-12-28-21(23-17)24-19(25)10-7-14-5-3-2-4-6-14/h2-6,8-9,11-13H,7,10H2,1H3,(H,22,26)(H,23,24,25)/t13-/m1/s1. The van der Waals surface area contributed by atoms with Crippen LogP contribution in [0.3, 0.4) is 0 Å². The maximum Gasteiger partial charge on any atom is 0.265 e. The highest BCUT2D eigenvalue weighted by molar-refractivity contribution is 7.14. The van der Waals surface area contributed by atoms with Crippen molar-refractivity contribution in [2.45, 2.75) is 25.9 Å². The Kier molecular flexibility index (Phi) is 5.08. The normalized spacial score (nSPS) is 15.3. The third kappa shape index (κ3) is 4.04. The van der Waals surface area contributed by atoms with Crippen LogP contribution >= 0.6 is 11.3 Å². The Hall–Kier alpha value is -3.19. The molecule has 2 aromatic carbocycles. The number of thiazole rings is 1. The zero-order valence-electron chi connectivity index (χ0n) is 15.3. The van der Waals surface area contributed by atoms with Crippen LogP contribution in [0.1, 0.15) is 18.9 Å². The van der Waals surface area contributed by atoms with E-state index >= 15 is 0 Å². The lowest BCUT2D eigenvalue weighted by molar-refractivity contribution is -0.122. The number of hydrogen-bond donors (Lipinski definition) is 2. The molecule has 7 heteroatoms. The third-order valence-electron chi connectivity index (χ3n) is 4.44. The first-order valence-corrected chi connectivity index (χ1v) is 9.88. The van der Waals surface area contributed by atoms with Gasteiger partial charge in [0.15, 0.2) is 11.2 Å². The summed E-state index contributed by atoms with van der Waals surface area (Å²) in [6, 6.07) is 15.4. The Morgan fingerprint density at radius 2 is 2.07 bits per heavy atom. The zero-order valence-corrected chi connectivity index (χ0v) is 16.1. The molecule has 142 valence electrons. The molecule has 28 heavy (non-hydrogen) atoms. The molecule has 1 atom stereocenters. The SMILES string of the molecule is C[C@H]1Oc2ccc(-c3csc(NC(=O)CCc4ccccc4)n3)cc2NC1=O. The first-order valence-electron chi connectivity index (χ1n) is 9.00. The minimum atomic E-state index is -0.504. The van der Waals surface area contributed by atoms with Gasteiger partial charge in [0.2, 0.25) is 5.91 Å². The lowest BCUT2D eigenvalue weighted by atomic mass is 10.1. The van der Waals surface area contributed by atoms with Crippen molar-refractivity contribution in [3.63, 3.8) is 0 Å². The molecule has 0 unspecified atom stereocenters. The van der Waals surface area contributed by atoms with Gasteiger partial charge in [-0.3, -0.25) is 9.59 Å². The van der Waals surface area contributed by atoms with Crippen LogP contribution in [-0.2, 0) is 16.0 Å². The zero-order chi connectivity index (χ0) is 19.5. The van der Waals surface area contributed by atoms with Gasteiger partial charge in [-0.1, -0.05) is 30.3 Å². The minimum Gasteiger partial charge on any atom is -0.479 e. The van der Waals surface area contributed by atoms with Gasteiger partial charge < -0.3 is 15.4 Å². The number of rotatable bonds is 5. The monoisotopic (exact) mass is 393 g/mol.